The molecule has 1 aliphatic carbocycles. The standard InChI is InChI=1S/C14H26.C13H22/c1-13(2)11-9-7-5-6-8-10-12-14(3)4;1-10(2)7-12-5-6-13(9-12)8-11(3)4/h11-12H,5-10H2,1-4H3;7-8,12-13H,5-6,9H2,1-4H3. The molecular weight excluding hydrogens is 324 g/mol. The molecule has 27 heavy (non-hydrogen) atoms. The van der Waals surface area contributed by atoms with Crippen LogP contribution in [0.4, 0.5) is 0 Å². The highest BCUT2D eigenvalue weighted by atomic mass is 14.3. The third-order valence-corrected chi connectivity index (χ3v) is 4.92. The summed E-state index contributed by atoms with van der Waals surface area (Å²) in [5, 5.41) is 0. The lowest BCUT2D eigenvalue weighted by molar-refractivity contribution is 0.633. The number of hydrogen-bond acceptors (Lipinski definition) is 0. The Labute approximate surface area is 171 Å². The van der Waals surface area contributed by atoms with E-state index in [1.165, 1.54) is 80.1 Å². The summed E-state index contributed by atoms with van der Waals surface area (Å²) < 4.78 is 0. The minimum atomic E-state index is 0.852. The molecule has 0 bridgehead atoms. The number of rotatable bonds is 9. The van der Waals surface area contributed by atoms with Gasteiger partial charge >= 0.3 is 0 Å². The molecule has 2 atom stereocenters. The molecule has 0 aromatic carbocycles. The average molecular weight is 373 g/mol. The summed E-state index contributed by atoms with van der Waals surface area (Å²) in [6.45, 7) is 17.5. The molecule has 0 N–H and O–H groups in total. The molecule has 2 unspecified atom stereocenters. The summed E-state index contributed by atoms with van der Waals surface area (Å²) in [5.41, 5.74) is 5.86. The van der Waals surface area contributed by atoms with Crippen LogP contribution in [0.2, 0.25) is 0 Å². The Morgan fingerprint density at radius 1 is 0.556 bits per heavy atom. The van der Waals surface area contributed by atoms with Gasteiger partial charge in [0.05, 0.1) is 0 Å². The summed E-state index contributed by atoms with van der Waals surface area (Å²) in [6.07, 6.45) is 21.8. The zero-order valence-corrected chi connectivity index (χ0v) is 19.8. The quantitative estimate of drug-likeness (QED) is 0.279. The maximum atomic E-state index is 2.44. The Balaban J connectivity index is 0.000000501. The average Bonchev–Trinajstić information content (AvgIpc) is 2.95. The molecule has 0 spiro atoms. The Kier molecular flexibility index (Phi) is 15.3. The Bertz CT molecular complexity index is 436. The fraction of sp³-hybridized carbons (Fsp3) is 0.704. The molecule has 1 saturated carbocycles. The zero-order valence-electron chi connectivity index (χ0n) is 19.8. The molecule has 156 valence electrons. The van der Waals surface area contributed by atoms with Crippen molar-refractivity contribution in [1.82, 2.24) is 0 Å². The Morgan fingerprint density at radius 2 is 0.926 bits per heavy atom. The monoisotopic (exact) mass is 372 g/mol. The van der Waals surface area contributed by atoms with Crippen LogP contribution in [0, 0.1) is 11.8 Å². The van der Waals surface area contributed by atoms with Crippen molar-refractivity contribution < 1.29 is 0 Å². The summed E-state index contributed by atoms with van der Waals surface area (Å²) in [6, 6.07) is 0. The van der Waals surface area contributed by atoms with Crippen LogP contribution in [0.3, 0.4) is 0 Å². The fourth-order valence-electron chi connectivity index (χ4n) is 3.72. The minimum absolute atomic E-state index is 0.852. The maximum absolute atomic E-state index is 2.44. The molecular formula is C27H48. The van der Waals surface area contributed by atoms with Gasteiger partial charge in [0.15, 0.2) is 0 Å². The number of hydrogen-bond donors (Lipinski definition) is 0. The lowest BCUT2D eigenvalue weighted by Gasteiger charge is -2.04. The second kappa shape index (κ2) is 16.0. The third kappa shape index (κ3) is 18.1. The van der Waals surface area contributed by atoms with E-state index >= 15 is 0 Å². The first-order valence-electron chi connectivity index (χ1n) is 11.3. The molecule has 0 radical (unpaired) electrons. The second-order valence-electron chi connectivity index (χ2n) is 9.38. The third-order valence-electron chi connectivity index (χ3n) is 4.92. The molecule has 0 saturated heterocycles. The van der Waals surface area contributed by atoms with Gasteiger partial charge in [-0.05, 0) is 112 Å². The highest BCUT2D eigenvalue weighted by Crippen LogP contribution is 2.33. The van der Waals surface area contributed by atoms with Gasteiger partial charge in [-0.25, -0.2) is 0 Å². The predicted octanol–water partition coefficient (Wildman–Crippen LogP) is 9.59. The van der Waals surface area contributed by atoms with Crippen LogP contribution in [-0.2, 0) is 0 Å². The molecule has 0 aromatic rings. The van der Waals surface area contributed by atoms with E-state index in [9.17, 15) is 0 Å². The fourth-order valence-corrected chi connectivity index (χ4v) is 3.72. The van der Waals surface area contributed by atoms with Crippen molar-refractivity contribution >= 4 is 0 Å². The van der Waals surface area contributed by atoms with Crippen molar-refractivity contribution in [3.05, 3.63) is 46.6 Å². The van der Waals surface area contributed by atoms with Crippen LogP contribution in [0.25, 0.3) is 0 Å². The van der Waals surface area contributed by atoms with Gasteiger partial charge < -0.3 is 0 Å². The van der Waals surface area contributed by atoms with Crippen LogP contribution in [0.15, 0.2) is 46.6 Å². The summed E-state index contributed by atoms with van der Waals surface area (Å²) in [4.78, 5) is 0. The topological polar surface area (TPSA) is 0 Å². The van der Waals surface area contributed by atoms with E-state index in [2.05, 4.69) is 79.7 Å². The summed E-state index contributed by atoms with van der Waals surface area (Å²) in [5.74, 6) is 1.70. The maximum Gasteiger partial charge on any atom is -0.0225 e. The largest absolute Gasteiger partial charge is 0.0859 e. The summed E-state index contributed by atoms with van der Waals surface area (Å²) >= 11 is 0. The van der Waals surface area contributed by atoms with Gasteiger partial charge in [0.1, 0.15) is 0 Å². The normalized spacial score (nSPS) is 18.1. The van der Waals surface area contributed by atoms with Crippen molar-refractivity contribution in [3.8, 4) is 0 Å². The molecule has 1 fully saturated rings. The Hall–Kier alpha value is -1.04. The lowest BCUT2D eigenvalue weighted by Crippen LogP contribution is -1.91. The van der Waals surface area contributed by atoms with Crippen LogP contribution in [0.1, 0.15) is 113 Å². The molecule has 0 aromatic heterocycles. The first-order valence-corrected chi connectivity index (χ1v) is 11.3. The lowest BCUT2D eigenvalue weighted by atomic mass is 10.0. The van der Waals surface area contributed by atoms with Gasteiger partial charge in [0.2, 0.25) is 0 Å². The van der Waals surface area contributed by atoms with E-state index in [0.29, 0.717) is 0 Å². The van der Waals surface area contributed by atoms with Crippen molar-refractivity contribution in [2.45, 2.75) is 113 Å². The summed E-state index contributed by atoms with van der Waals surface area (Å²) in [7, 11) is 0. The van der Waals surface area contributed by atoms with Gasteiger partial charge in [0.25, 0.3) is 0 Å². The highest BCUT2D eigenvalue weighted by molar-refractivity contribution is 5.05. The van der Waals surface area contributed by atoms with Crippen LogP contribution >= 0.6 is 0 Å². The van der Waals surface area contributed by atoms with Crippen molar-refractivity contribution in [3.63, 3.8) is 0 Å². The van der Waals surface area contributed by atoms with E-state index in [1.807, 2.05) is 0 Å². The van der Waals surface area contributed by atoms with Gasteiger partial charge in [-0.3, -0.25) is 0 Å². The molecule has 1 aliphatic rings. The highest BCUT2D eigenvalue weighted by Gasteiger charge is 2.20. The molecule has 0 amide bonds. The molecule has 0 heteroatoms. The van der Waals surface area contributed by atoms with Crippen LogP contribution in [-0.4, -0.2) is 0 Å². The van der Waals surface area contributed by atoms with Gasteiger partial charge in [0, 0.05) is 0 Å². The van der Waals surface area contributed by atoms with Crippen molar-refractivity contribution in [2.75, 3.05) is 0 Å². The van der Waals surface area contributed by atoms with Crippen LogP contribution < -0.4 is 0 Å². The van der Waals surface area contributed by atoms with Gasteiger partial charge in [-0.2, -0.15) is 0 Å². The van der Waals surface area contributed by atoms with E-state index in [-0.39, 0.29) is 0 Å². The van der Waals surface area contributed by atoms with Crippen LogP contribution in [0.5, 0.6) is 0 Å². The first-order chi connectivity index (χ1) is 12.7. The minimum Gasteiger partial charge on any atom is -0.0859 e. The van der Waals surface area contributed by atoms with E-state index in [4.69, 9.17) is 0 Å². The van der Waals surface area contributed by atoms with E-state index < -0.39 is 0 Å². The Morgan fingerprint density at radius 3 is 1.22 bits per heavy atom. The van der Waals surface area contributed by atoms with Crippen molar-refractivity contribution in [1.29, 1.82) is 0 Å². The second-order valence-corrected chi connectivity index (χ2v) is 9.38. The first kappa shape index (κ1) is 26.0. The molecule has 0 heterocycles. The predicted molar refractivity (Wildman–Crippen MR) is 126 cm³/mol. The molecule has 0 aliphatic heterocycles. The number of unbranched alkanes of at least 4 members (excludes halogenated alkanes) is 5. The smallest absolute Gasteiger partial charge is 0.0225 e. The molecule has 1 rings (SSSR count). The number of allylic oxidation sites excluding steroid dienone is 8. The SMILES string of the molecule is CC(C)=CC1CCC(C=C(C)C)C1.CC(C)=CCCCCCCC=C(C)C. The van der Waals surface area contributed by atoms with Gasteiger partial charge in [-0.1, -0.05) is 59.4 Å². The molecule has 0 nitrogen and oxygen atoms in total. The van der Waals surface area contributed by atoms with Crippen molar-refractivity contribution in [2.24, 2.45) is 11.8 Å². The van der Waals surface area contributed by atoms with E-state index in [1.54, 1.807) is 0 Å². The van der Waals surface area contributed by atoms with Gasteiger partial charge in [-0.15, -0.1) is 0 Å². The van der Waals surface area contributed by atoms with E-state index in [0.717, 1.165) is 11.8 Å². The zero-order chi connectivity index (χ0) is 20.7.